The summed E-state index contributed by atoms with van der Waals surface area (Å²) in [6, 6.07) is 11.7. The molecule has 0 bridgehead atoms. The normalized spacial score (nSPS) is 16.1. The Bertz CT molecular complexity index is 747. The zero-order chi connectivity index (χ0) is 19.2. The summed E-state index contributed by atoms with van der Waals surface area (Å²) in [7, 11) is 0. The van der Waals surface area contributed by atoms with Crippen molar-refractivity contribution in [2.45, 2.75) is 26.2 Å². The van der Waals surface area contributed by atoms with E-state index < -0.39 is 0 Å². The smallest absolute Gasteiger partial charge is 0.270 e. The van der Waals surface area contributed by atoms with Gasteiger partial charge in [0.15, 0.2) is 0 Å². The lowest BCUT2D eigenvalue weighted by molar-refractivity contribution is -0.117. The van der Waals surface area contributed by atoms with Crippen LogP contribution in [-0.2, 0) is 4.79 Å². The average molecular weight is 368 g/mol. The van der Waals surface area contributed by atoms with Crippen LogP contribution in [0.1, 0.15) is 42.2 Å². The standard InChI is InChI=1S/C21H28N4O2/c1-3-16(2)17-6-8-18(9-7-17)23-20(26)15-24-11-13-25(14-12-24)21(27)19-5-4-10-22-19/h4-10,16,22H,3,11-15H2,1-2H3,(H,23,26). The maximum Gasteiger partial charge on any atom is 0.270 e. The van der Waals surface area contributed by atoms with Crippen molar-refractivity contribution in [1.29, 1.82) is 0 Å². The van der Waals surface area contributed by atoms with Gasteiger partial charge in [0, 0.05) is 38.1 Å². The minimum absolute atomic E-state index is 0.0181. The Morgan fingerprint density at radius 3 is 2.41 bits per heavy atom. The third-order valence-corrected chi connectivity index (χ3v) is 5.23. The van der Waals surface area contributed by atoms with Crippen molar-refractivity contribution in [3.63, 3.8) is 0 Å². The molecule has 1 aliphatic rings. The van der Waals surface area contributed by atoms with Crippen molar-refractivity contribution in [2.75, 3.05) is 38.0 Å². The predicted octanol–water partition coefficient (Wildman–Crippen LogP) is 2.92. The van der Waals surface area contributed by atoms with Gasteiger partial charge in [-0.25, -0.2) is 0 Å². The zero-order valence-corrected chi connectivity index (χ0v) is 16.1. The number of piperazine rings is 1. The van der Waals surface area contributed by atoms with Gasteiger partial charge in [0.1, 0.15) is 5.69 Å². The highest BCUT2D eigenvalue weighted by atomic mass is 16.2. The van der Waals surface area contributed by atoms with E-state index in [-0.39, 0.29) is 11.8 Å². The second-order valence-electron chi connectivity index (χ2n) is 7.13. The van der Waals surface area contributed by atoms with Gasteiger partial charge in [-0.1, -0.05) is 26.0 Å². The van der Waals surface area contributed by atoms with Crippen molar-refractivity contribution in [2.24, 2.45) is 0 Å². The molecular formula is C21H28N4O2. The van der Waals surface area contributed by atoms with Crippen LogP contribution in [-0.4, -0.2) is 59.3 Å². The van der Waals surface area contributed by atoms with Gasteiger partial charge < -0.3 is 15.2 Å². The SMILES string of the molecule is CCC(C)c1ccc(NC(=O)CN2CCN(C(=O)c3ccc[nH]3)CC2)cc1. The van der Waals surface area contributed by atoms with Crippen LogP contribution in [0.2, 0.25) is 0 Å². The fraction of sp³-hybridized carbons (Fsp3) is 0.429. The van der Waals surface area contributed by atoms with Gasteiger partial charge in [0.05, 0.1) is 6.54 Å². The van der Waals surface area contributed by atoms with Crippen LogP contribution in [0.25, 0.3) is 0 Å². The van der Waals surface area contributed by atoms with Gasteiger partial charge in [-0.05, 0) is 42.2 Å². The summed E-state index contributed by atoms with van der Waals surface area (Å²) in [5, 5.41) is 2.96. The zero-order valence-electron chi connectivity index (χ0n) is 16.1. The number of amides is 2. The van der Waals surface area contributed by atoms with Gasteiger partial charge >= 0.3 is 0 Å². The lowest BCUT2D eigenvalue weighted by Gasteiger charge is -2.34. The summed E-state index contributed by atoms with van der Waals surface area (Å²) >= 11 is 0. The number of aromatic nitrogens is 1. The van der Waals surface area contributed by atoms with Gasteiger partial charge in [0.25, 0.3) is 5.91 Å². The van der Waals surface area contributed by atoms with Gasteiger partial charge in [0.2, 0.25) is 5.91 Å². The molecule has 1 unspecified atom stereocenters. The molecule has 6 nitrogen and oxygen atoms in total. The van der Waals surface area contributed by atoms with Crippen LogP contribution in [0, 0.1) is 0 Å². The first-order chi connectivity index (χ1) is 13.1. The van der Waals surface area contributed by atoms with E-state index in [0.717, 1.165) is 12.1 Å². The molecule has 2 amide bonds. The topological polar surface area (TPSA) is 68.4 Å². The van der Waals surface area contributed by atoms with Crippen LogP contribution in [0.15, 0.2) is 42.6 Å². The average Bonchev–Trinajstić information content (AvgIpc) is 3.23. The van der Waals surface area contributed by atoms with E-state index in [0.29, 0.717) is 44.3 Å². The molecule has 27 heavy (non-hydrogen) atoms. The third-order valence-electron chi connectivity index (χ3n) is 5.23. The number of aromatic amines is 1. The monoisotopic (exact) mass is 368 g/mol. The highest BCUT2D eigenvalue weighted by molar-refractivity contribution is 5.93. The van der Waals surface area contributed by atoms with Crippen molar-refractivity contribution in [1.82, 2.24) is 14.8 Å². The lowest BCUT2D eigenvalue weighted by atomic mass is 9.99. The minimum atomic E-state index is -0.0181. The van der Waals surface area contributed by atoms with Gasteiger partial charge in [-0.3, -0.25) is 14.5 Å². The molecule has 0 aliphatic carbocycles. The molecule has 0 radical (unpaired) electrons. The molecule has 1 saturated heterocycles. The molecule has 2 heterocycles. The van der Waals surface area contributed by atoms with Crippen molar-refractivity contribution < 1.29 is 9.59 Å². The molecule has 1 fully saturated rings. The first kappa shape index (κ1) is 19.2. The summed E-state index contributed by atoms with van der Waals surface area (Å²) in [5.74, 6) is 0.528. The number of hydrogen-bond donors (Lipinski definition) is 2. The van der Waals surface area contributed by atoms with E-state index >= 15 is 0 Å². The van der Waals surface area contributed by atoms with Gasteiger partial charge in [-0.2, -0.15) is 0 Å². The molecule has 0 saturated carbocycles. The molecule has 3 rings (SSSR count). The molecule has 1 aromatic carbocycles. The first-order valence-electron chi connectivity index (χ1n) is 9.61. The number of nitrogens with zero attached hydrogens (tertiary/aromatic N) is 2. The second-order valence-corrected chi connectivity index (χ2v) is 7.13. The Balaban J connectivity index is 1.45. The molecule has 6 heteroatoms. The molecule has 2 N–H and O–H groups in total. The minimum Gasteiger partial charge on any atom is -0.357 e. The maximum absolute atomic E-state index is 12.3. The van der Waals surface area contributed by atoms with Crippen LogP contribution in [0.4, 0.5) is 5.69 Å². The maximum atomic E-state index is 12.3. The van der Waals surface area contributed by atoms with Crippen molar-refractivity contribution in [3.05, 3.63) is 53.9 Å². The summed E-state index contributed by atoms with van der Waals surface area (Å²) in [4.78, 5) is 31.5. The van der Waals surface area contributed by atoms with Crippen molar-refractivity contribution in [3.8, 4) is 0 Å². The van der Waals surface area contributed by atoms with E-state index in [2.05, 4.69) is 41.2 Å². The number of carbonyl (C=O) groups is 2. The number of benzene rings is 1. The van der Waals surface area contributed by atoms with E-state index in [1.807, 2.05) is 23.1 Å². The molecule has 2 aromatic rings. The predicted molar refractivity (Wildman–Crippen MR) is 107 cm³/mol. The number of carbonyl (C=O) groups excluding carboxylic acids is 2. The van der Waals surface area contributed by atoms with E-state index in [1.165, 1.54) is 5.56 Å². The molecule has 1 aromatic heterocycles. The molecule has 144 valence electrons. The van der Waals surface area contributed by atoms with Crippen LogP contribution < -0.4 is 5.32 Å². The molecule has 0 spiro atoms. The third kappa shape index (κ3) is 4.98. The Morgan fingerprint density at radius 1 is 1.11 bits per heavy atom. The largest absolute Gasteiger partial charge is 0.357 e. The highest BCUT2D eigenvalue weighted by Gasteiger charge is 2.23. The van der Waals surface area contributed by atoms with Crippen LogP contribution >= 0.6 is 0 Å². The quantitative estimate of drug-likeness (QED) is 0.824. The van der Waals surface area contributed by atoms with E-state index in [4.69, 9.17) is 0 Å². The Labute approximate surface area is 160 Å². The first-order valence-corrected chi connectivity index (χ1v) is 9.61. The summed E-state index contributed by atoms with van der Waals surface area (Å²) in [6.07, 6.45) is 2.85. The van der Waals surface area contributed by atoms with E-state index in [9.17, 15) is 9.59 Å². The number of anilines is 1. The fourth-order valence-electron chi connectivity index (χ4n) is 3.28. The van der Waals surface area contributed by atoms with Crippen LogP contribution in [0.3, 0.4) is 0 Å². The summed E-state index contributed by atoms with van der Waals surface area (Å²) < 4.78 is 0. The Hall–Kier alpha value is -2.60. The molecular weight excluding hydrogens is 340 g/mol. The number of nitrogens with one attached hydrogen (secondary N) is 2. The fourth-order valence-corrected chi connectivity index (χ4v) is 3.28. The molecule has 1 atom stereocenters. The highest BCUT2D eigenvalue weighted by Crippen LogP contribution is 2.20. The lowest BCUT2D eigenvalue weighted by Crippen LogP contribution is -2.50. The van der Waals surface area contributed by atoms with Crippen molar-refractivity contribution >= 4 is 17.5 Å². The molecule has 1 aliphatic heterocycles. The van der Waals surface area contributed by atoms with E-state index in [1.54, 1.807) is 12.3 Å². The Morgan fingerprint density at radius 2 is 1.81 bits per heavy atom. The second kappa shape index (κ2) is 8.86. The summed E-state index contributed by atoms with van der Waals surface area (Å²) in [5.41, 5.74) is 2.73. The van der Waals surface area contributed by atoms with Crippen LogP contribution in [0.5, 0.6) is 0 Å². The van der Waals surface area contributed by atoms with Gasteiger partial charge in [-0.15, -0.1) is 0 Å². The number of hydrogen-bond acceptors (Lipinski definition) is 3. The number of rotatable bonds is 6. The number of H-pyrrole nitrogens is 1. The Kier molecular flexibility index (Phi) is 6.29. The summed E-state index contributed by atoms with van der Waals surface area (Å²) in [6.45, 7) is 7.39.